The topological polar surface area (TPSA) is 26.3 Å². The first-order valence-electron chi connectivity index (χ1n) is 4.24. The molecule has 0 atom stereocenters. The molecule has 0 radical (unpaired) electrons. The van der Waals surface area contributed by atoms with Gasteiger partial charge >= 0.3 is 5.97 Å². The number of methoxy groups -OCH3 is 1. The van der Waals surface area contributed by atoms with E-state index in [0.717, 1.165) is 5.33 Å². The van der Waals surface area contributed by atoms with E-state index in [2.05, 4.69) is 34.5 Å². The van der Waals surface area contributed by atoms with Crippen LogP contribution >= 0.6 is 27.3 Å². The van der Waals surface area contributed by atoms with E-state index in [9.17, 15) is 4.79 Å². The van der Waals surface area contributed by atoms with Crippen molar-refractivity contribution in [2.45, 2.75) is 19.3 Å². The van der Waals surface area contributed by atoms with Crippen molar-refractivity contribution in [2.24, 2.45) is 0 Å². The Labute approximate surface area is 96.4 Å². The predicted molar refractivity (Wildman–Crippen MR) is 62.5 cm³/mol. The Kier molecular flexibility index (Phi) is 3.72. The third-order valence-electron chi connectivity index (χ3n) is 2.02. The zero-order chi connectivity index (χ0) is 10.8. The van der Waals surface area contributed by atoms with Crippen LogP contribution in [0.4, 0.5) is 0 Å². The van der Waals surface area contributed by atoms with Gasteiger partial charge in [-0.3, -0.25) is 0 Å². The largest absolute Gasteiger partial charge is 0.465 e. The lowest BCUT2D eigenvalue weighted by Gasteiger charge is -2.19. The van der Waals surface area contributed by atoms with Gasteiger partial charge < -0.3 is 4.74 Å². The zero-order valence-corrected chi connectivity index (χ0v) is 10.9. The van der Waals surface area contributed by atoms with Gasteiger partial charge in [0.2, 0.25) is 0 Å². The van der Waals surface area contributed by atoms with E-state index in [4.69, 9.17) is 0 Å². The quantitative estimate of drug-likeness (QED) is 0.626. The van der Waals surface area contributed by atoms with Crippen LogP contribution in [0.5, 0.6) is 0 Å². The van der Waals surface area contributed by atoms with Gasteiger partial charge in [0.1, 0.15) is 0 Å². The van der Waals surface area contributed by atoms with Gasteiger partial charge in [0, 0.05) is 21.0 Å². The highest BCUT2D eigenvalue weighted by atomic mass is 79.9. The van der Waals surface area contributed by atoms with Crippen molar-refractivity contribution in [3.05, 3.63) is 21.9 Å². The van der Waals surface area contributed by atoms with Crippen LogP contribution in [-0.2, 0) is 10.2 Å². The summed E-state index contributed by atoms with van der Waals surface area (Å²) in [6.45, 7) is 4.27. The van der Waals surface area contributed by atoms with Crippen LogP contribution < -0.4 is 0 Å². The Morgan fingerprint density at radius 2 is 2.29 bits per heavy atom. The van der Waals surface area contributed by atoms with E-state index in [1.807, 2.05) is 11.4 Å². The normalized spacial score (nSPS) is 11.4. The van der Waals surface area contributed by atoms with Crippen molar-refractivity contribution in [2.75, 3.05) is 12.4 Å². The maximum Gasteiger partial charge on any atom is 0.338 e. The lowest BCUT2D eigenvalue weighted by molar-refractivity contribution is 0.0601. The van der Waals surface area contributed by atoms with Crippen molar-refractivity contribution >= 4 is 33.2 Å². The Hall–Kier alpha value is -0.350. The highest BCUT2D eigenvalue weighted by Crippen LogP contribution is 2.31. The summed E-state index contributed by atoms with van der Waals surface area (Å²) in [5.74, 6) is -0.266. The number of esters is 1. The van der Waals surface area contributed by atoms with Crippen LogP contribution in [0.25, 0.3) is 0 Å². The molecule has 0 aromatic carbocycles. The van der Waals surface area contributed by atoms with Crippen LogP contribution in [0.2, 0.25) is 0 Å². The Morgan fingerprint density at radius 3 is 2.79 bits per heavy atom. The molecule has 0 saturated carbocycles. The van der Waals surface area contributed by atoms with Crippen LogP contribution in [0.15, 0.2) is 11.4 Å². The molecule has 0 amide bonds. The lowest BCUT2D eigenvalue weighted by Crippen LogP contribution is -2.16. The first-order valence-corrected chi connectivity index (χ1v) is 6.24. The average molecular weight is 277 g/mol. The van der Waals surface area contributed by atoms with Crippen molar-refractivity contribution in [1.29, 1.82) is 0 Å². The fourth-order valence-corrected chi connectivity index (χ4v) is 2.47. The molecule has 0 bridgehead atoms. The Balaban J connectivity index is 2.93. The molecular weight excluding hydrogens is 264 g/mol. The molecule has 0 N–H and O–H groups in total. The molecule has 0 aliphatic heterocycles. The monoisotopic (exact) mass is 276 g/mol. The maximum absolute atomic E-state index is 11.2. The fraction of sp³-hybridized carbons (Fsp3) is 0.500. The molecule has 1 heterocycles. The average Bonchev–Trinajstić information content (AvgIpc) is 2.66. The molecule has 0 aliphatic rings. The summed E-state index contributed by atoms with van der Waals surface area (Å²) >= 11 is 5.06. The fourth-order valence-electron chi connectivity index (χ4n) is 0.982. The lowest BCUT2D eigenvalue weighted by atomic mass is 9.94. The molecule has 4 heteroatoms. The van der Waals surface area contributed by atoms with Crippen molar-refractivity contribution < 1.29 is 9.53 Å². The molecule has 14 heavy (non-hydrogen) atoms. The second-order valence-corrected chi connectivity index (χ2v) is 5.18. The van der Waals surface area contributed by atoms with Gasteiger partial charge in [0.05, 0.1) is 12.7 Å². The van der Waals surface area contributed by atoms with Gasteiger partial charge in [0.15, 0.2) is 0 Å². The van der Waals surface area contributed by atoms with Gasteiger partial charge in [0.25, 0.3) is 0 Å². The smallest absolute Gasteiger partial charge is 0.338 e. The summed E-state index contributed by atoms with van der Waals surface area (Å²) in [7, 11) is 1.40. The number of carbonyl (C=O) groups is 1. The highest BCUT2D eigenvalue weighted by Gasteiger charge is 2.22. The number of hydrogen-bond acceptors (Lipinski definition) is 3. The first-order chi connectivity index (χ1) is 6.51. The van der Waals surface area contributed by atoms with E-state index in [1.54, 1.807) is 11.3 Å². The minimum Gasteiger partial charge on any atom is -0.465 e. The Bertz CT molecular complexity index is 331. The zero-order valence-electron chi connectivity index (χ0n) is 8.46. The van der Waals surface area contributed by atoms with Crippen molar-refractivity contribution in [3.8, 4) is 0 Å². The minimum atomic E-state index is -0.266. The minimum absolute atomic E-state index is 0.0664. The summed E-state index contributed by atoms with van der Waals surface area (Å²) in [6, 6.07) is 1.90. The molecule has 0 saturated heterocycles. The molecule has 1 rings (SSSR count). The van der Waals surface area contributed by atoms with E-state index >= 15 is 0 Å². The number of thiophene rings is 1. The van der Waals surface area contributed by atoms with Gasteiger partial charge in [-0.1, -0.05) is 29.8 Å². The van der Waals surface area contributed by atoms with Crippen LogP contribution in [-0.4, -0.2) is 18.4 Å². The summed E-state index contributed by atoms with van der Waals surface area (Å²) in [5, 5.41) is 2.71. The number of hydrogen-bond donors (Lipinski definition) is 0. The molecular formula is C10H13BrO2S. The van der Waals surface area contributed by atoms with Gasteiger partial charge in [-0.2, -0.15) is 0 Å². The molecule has 1 aromatic heterocycles. The van der Waals surface area contributed by atoms with E-state index < -0.39 is 0 Å². The number of carbonyl (C=O) groups excluding carboxylic acids is 1. The number of ether oxygens (including phenoxy) is 1. The number of rotatable bonds is 3. The van der Waals surface area contributed by atoms with Crippen molar-refractivity contribution in [1.82, 2.24) is 0 Å². The van der Waals surface area contributed by atoms with Crippen molar-refractivity contribution in [3.63, 3.8) is 0 Å². The third kappa shape index (κ3) is 2.36. The third-order valence-corrected chi connectivity index (χ3v) is 4.72. The summed E-state index contributed by atoms with van der Waals surface area (Å²) in [4.78, 5) is 12.4. The van der Waals surface area contributed by atoms with E-state index in [1.165, 1.54) is 12.0 Å². The van der Waals surface area contributed by atoms with Gasteiger partial charge in [-0.05, 0) is 6.07 Å². The molecule has 0 spiro atoms. The summed E-state index contributed by atoms with van der Waals surface area (Å²) in [6.07, 6.45) is 0. The number of alkyl halides is 1. The predicted octanol–water partition coefficient (Wildman–Crippen LogP) is 3.21. The van der Waals surface area contributed by atoms with E-state index in [0.29, 0.717) is 5.56 Å². The standard InChI is InChI=1S/C10H13BrO2S/c1-10(2,6-11)8-4-7(5-14-8)9(12)13-3/h4-5H,6H2,1-3H3. The maximum atomic E-state index is 11.2. The molecule has 0 fully saturated rings. The van der Waals surface area contributed by atoms with Gasteiger partial charge in [-0.25, -0.2) is 4.79 Å². The first kappa shape index (κ1) is 11.7. The molecule has 78 valence electrons. The number of halogens is 1. The van der Waals surface area contributed by atoms with Gasteiger partial charge in [-0.15, -0.1) is 11.3 Å². The summed E-state index contributed by atoms with van der Waals surface area (Å²) in [5.41, 5.74) is 0.707. The highest BCUT2D eigenvalue weighted by molar-refractivity contribution is 9.09. The molecule has 1 aromatic rings. The second-order valence-electron chi connectivity index (χ2n) is 3.71. The Morgan fingerprint density at radius 1 is 1.64 bits per heavy atom. The molecule has 0 unspecified atom stereocenters. The molecule has 0 aliphatic carbocycles. The SMILES string of the molecule is COC(=O)c1csc(C(C)(C)CBr)c1. The van der Waals surface area contributed by atoms with Crippen LogP contribution in [0, 0.1) is 0 Å². The van der Waals surface area contributed by atoms with Crippen LogP contribution in [0.1, 0.15) is 29.1 Å². The molecule has 2 nitrogen and oxygen atoms in total. The summed E-state index contributed by atoms with van der Waals surface area (Å²) < 4.78 is 4.65. The second kappa shape index (κ2) is 4.45. The van der Waals surface area contributed by atoms with E-state index in [-0.39, 0.29) is 11.4 Å². The van der Waals surface area contributed by atoms with Crippen LogP contribution in [0.3, 0.4) is 0 Å².